The van der Waals surface area contributed by atoms with Crippen LogP contribution >= 0.6 is 11.9 Å². The first-order valence-electron chi connectivity index (χ1n) is 3.72. The van der Waals surface area contributed by atoms with Crippen LogP contribution in [0, 0.1) is 0 Å². The van der Waals surface area contributed by atoms with Crippen LogP contribution in [-0.4, -0.2) is 17.0 Å². The Bertz CT molecular complexity index is 157. The van der Waals surface area contributed by atoms with Gasteiger partial charge < -0.3 is 0 Å². The molecule has 0 saturated heterocycles. The number of hydrogen-bond donors (Lipinski definition) is 0. The molecule has 1 aliphatic rings. The second-order valence-electron chi connectivity index (χ2n) is 2.36. The van der Waals surface area contributed by atoms with E-state index in [0.29, 0.717) is 0 Å². The van der Waals surface area contributed by atoms with Crippen LogP contribution < -0.4 is 0 Å². The minimum atomic E-state index is 1.04. The zero-order valence-corrected chi connectivity index (χ0v) is 7.40. The maximum absolute atomic E-state index is 2.25. The van der Waals surface area contributed by atoms with Crippen molar-refractivity contribution in [3.05, 3.63) is 23.8 Å². The Morgan fingerprint density at radius 2 is 1.90 bits per heavy atom. The van der Waals surface area contributed by atoms with Gasteiger partial charge in [-0.25, -0.2) is 3.89 Å². The number of hydrogen-bond acceptors (Lipinski definition) is 1. The first-order valence-corrected chi connectivity index (χ1v) is 4.56. The summed E-state index contributed by atoms with van der Waals surface area (Å²) in [4.78, 5) is 0. The van der Waals surface area contributed by atoms with Gasteiger partial charge >= 0.3 is 0 Å². The minimum Gasteiger partial charge on any atom is -0.232 e. The topological polar surface area (TPSA) is 0 Å². The van der Waals surface area contributed by atoms with Gasteiger partial charge in [-0.1, -0.05) is 0 Å². The van der Waals surface area contributed by atoms with Gasteiger partial charge in [0.05, 0.1) is 13.1 Å². The summed E-state index contributed by atoms with van der Waals surface area (Å²) < 4.78 is 1.04. The molecule has 0 aromatic carbocycles. The predicted molar refractivity (Wildman–Crippen MR) is 47.2 cm³/mol. The van der Waals surface area contributed by atoms with E-state index in [9.17, 15) is 0 Å². The molecule has 10 heavy (non-hydrogen) atoms. The van der Waals surface area contributed by atoms with E-state index in [0.717, 1.165) is 3.89 Å². The summed E-state index contributed by atoms with van der Waals surface area (Å²) in [6, 6.07) is 0. The van der Waals surface area contributed by atoms with Crippen molar-refractivity contribution in [1.82, 2.24) is 0 Å². The Morgan fingerprint density at radius 1 is 1.20 bits per heavy atom. The molecule has 0 radical (unpaired) electrons. The highest BCUT2D eigenvalue weighted by Crippen LogP contribution is 2.27. The molecule has 0 amide bonds. The second-order valence-corrected chi connectivity index (χ2v) is 3.57. The molecular formula is C8H14NS+. The van der Waals surface area contributed by atoms with E-state index in [-0.39, 0.29) is 0 Å². The van der Waals surface area contributed by atoms with Crippen molar-refractivity contribution in [1.29, 1.82) is 0 Å². The van der Waals surface area contributed by atoms with Gasteiger partial charge in [-0.05, 0) is 26.0 Å². The van der Waals surface area contributed by atoms with Gasteiger partial charge in [0.2, 0.25) is 0 Å². The maximum Gasteiger partial charge on any atom is 0.109 e. The minimum absolute atomic E-state index is 1.04. The molecular weight excluding hydrogens is 142 g/mol. The van der Waals surface area contributed by atoms with Gasteiger partial charge in [-0.3, -0.25) is 0 Å². The van der Waals surface area contributed by atoms with E-state index in [1.807, 2.05) is 11.9 Å². The lowest BCUT2D eigenvalue weighted by Gasteiger charge is -2.29. The van der Waals surface area contributed by atoms with E-state index in [2.05, 4.69) is 37.6 Å². The third kappa shape index (κ3) is 1.44. The van der Waals surface area contributed by atoms with Crippen molar-refractivity contribution in [2.24, 2.45) is 0 Å². The van der Waals surface area contributed by atoms with E-state index in [4.69, 9.17) is 0 Å². The first kappa shape index (κ1) is 7.89. The summed E-state index contributed by atoms with van der Waals surface area (Å²) in [5.74, 6) is 0. The predicted octanol–water partition coefficient (Wildman–Crippen LogP) is 2.53. The molecule has 0 N–H and O–H groups in total. The quantitative estimate of drug-likeness (QED) is 0.437. The van der Waals surface area contributed by atoms with Crippen LogP contribution in [0.15, 0.2) is 23.8 Å². The van der Waals surface area contributed by atoms with Crippen molar-refractivity contribution in [2.75, 3.05) is 13.1 Å². The lowest BCUT2D eigenvalue weighted by molar-refractivity contribution is -0.735. The molecule has 1 rings (SSSR count). The zero-order chi connectivity index (χ0) is 7.45. The molecule has 0 aliphatic carbocycles. The van der Waals surface area contributed by atoms with Gasteiger partial charge in [0.15, 0.2) is 0 Å². The molecule has 0 aromatic heterocycles. The molecule has 2 heteroatoms. The fourth-order valence-electron chi connectivity index (χ4n) is 1.03. The van der Waals surface area contributed by atoms with E-state index < -0.39 is 0 Å². The maximum atomic E-state index is 2.25. The third-order valence-electron chi connectivity index (χ3n) is 1.89. The lowest BCUT2D eigenvalue weighted by Crippen LogP contribution is -2.34. The van der Waals surface area contributed by atoms with Crippen LogP contribution in [0.3, 0.4) is 0 Å². The molecule has 0 atom stereocenters. The summed E-state index contributed by atoms with van der Waals surface area (Å²) in [5.41, 5.74) is 0. The molecule has 0 unspecified atom stereocenters. The Labute approximate surface area is 67.1 Å². The smallest absolute Gasteiger partial charge is 0.109 e. The van der Waals surface area contributed by atoms with Crippen LogP contribution in [0.2, 0.25) is 0 Å². The Balaban J connectivity index is 2.66. The second kappa shape index (κ2) is 3.26. The Kier molecular flexibility index (Phi) is 2.57. The molecule has 0 aromatic rings. The third-order valence-corrected chi connectivity index (χ3v) is 3.23. The highest BCUT2D eigenvalue weighted by molar-refractivity contribution is 7.96. The first-order chi connectivity index (χ1) is 4.83. The van der Waals surface area contributed by atoms with Gasteiger partial charge in [-0.15, -0.1) is 0 Å². The van der Waals surface area contributed by atoms with Gasteiger partial charge in [0, 0.05) is 5.41 Å². The van der Waals surface area contributed by atoms with Crippen LogP contribution in [0.5, 0.6) is 0 Å². The molecule has 0 bridgehead atoms. The van der Waals surface area contributed by atoms with Gasteiger partial charge in [-0.2, -0.15) is 0 Å². The normalized spacial score (nSPS) is 21.4. The largest absolute Gasteiger partial charge is 0.232 e. The van der Waals surface area contributed by atoms with Gasteiger partial charge in [0.25, 0.3) is 0 Å². The van der Waals surface area contributed by atoms with Crippen molar-refractivity contribution in [3.8, 4) is 0 Å². The van der Waals surface area contributed by atoms with E-state index in [1.54, 1.807) is 0 Å². The fraction of sp³-hybridized carbons (Fsp3) is 0.500. The fourth-order valence-corrected chi connectivity index (χ4v) is 1.87. The molecule has 1 aliphatic heterocycles. The summed E-state index contributed by atoms with van der Waals surface area (Å²) in [6.45, 7) is 6.78. The van der Waals surface area contributed by atoms with E-state index >= 15 is 0 Å². The van der Waals surface area contributed by atoms with Crippen molar-refractivity contribution >= 4 is 11.9 Å². The summed E-state index contributed by atoms with van der Waals surface area (Å²) >= 11 is 1.88. The summed E-state index contributed by atoms with van der Waals surface area (Å²) in [7, 11) is 0. The van der Waals surface area contributed by atoms with Crippen molar-refractivity contribution < 1.29 is 3.89 Å². The SMILES string of the molecule is CC[N+]1(CC)C=CC=CS1. The average molecular weight is 156 g/mol. The molecule has 1 heterocycles. The zero-order valence-electron chi connectivity index (χ0n) is 6.58. The molecule has 0 spiro atoms. The monoisotopic (exact) mass is 156 g/mol. The molecule has 1 nitrogen and oxygen atoms in total. The van der Waals surface area contributed by atoms with Crippen LogP contribution in [-0.2, 0) is 0 Å². The van der Waals surface area contributed by atoms with E-state index in [1.165, 1.54) is 13.1 Å². The number of nitrogens with zero attached hydrogens (tertiary/aromatic N) is 1. The average Bonchev–Trinajstić information content (AvgIpc) is 2.06. The number of allylic oxidation sites excluding steroid dienone is 2. The van der Waals surface area contributed by atoms with Gasteiger partial charge in [0.1, 0.15) is 18.1 Å². The highest BCUT2D eigenvalue weighted by Gasteiger charge is 2.21. The van der Waals surface area contributed by atoms with Crippen molar-refractivity contribution in [2.45, 2.75) is 13.8 Å². The summed E-state index contributed by atoms with van der Waals surface area (Å²) in [5, 5.41) is 2.16. The Hall–Kier alpha value is -0.210. The van der Waals surface area contributed by atoms with Crippen LogP contribution in [0.4, 0.5) is 0 Å². The Morgan fingerprint density at radius 3 is 2.20 bits per heavy atom. The number of rotatable bonds is 2. The molecule has 0 fully saturated rings. The van der Waals surface area contributed by atoms with Crippen LogP contribution in [0.1, 0.15) is 13.8 Å². The number of quaternary nitrogens is 1. The molecule has 56 valence electrons. The summed E-state index contributed by atoms with van der Waals surface area (Å²) in [6.07, 6.45) is 6.47. The highest BCUT2D eigenvalue weighted by atomic mass is 32.2. The standard InChI is InChI=1S/C8H14NS/c1-3-9(4-2)7-5-6-8-10-9/h5-8H,3-4H2,1-2H3/q+1. The van der Waals surface area contributed by atoms with Crippen molar-refractivity contribution in [3.63, 3.8) is 0 Å². The lowest BCUT2D eigenvalue weighted by atomic mass is 10.5. The molecule has 0 saturated carbocycles. The van der Waals surface area contributed by atoms with Crippen LogP contribution in [0.25, 0.3) is 0 Å².